The molecule has 3 rings (SSSR count). The lowest BCUT2D eigenvalue weighted by Gasteiger charge is -2.08. The summed E-state index contributed by atoms with van der Waals surface area (Å²) in [7, 11) is 0. The van der Waals surface area contributed by atoms with E-state index in [9.17, 15) is 9.50 Å². The number of halogens is 1. The minimum absolute atomic E-state index is 0.288. The summed E-state index contributed by atoms with van der Waals surface area (Å²) < 4.78 is 14.9. The summed E-state index contributed by atoms with van der Waals surface area (Å²) in [6.45, 7) is 3.71. The molecule has 0 saturated heterocycles. The third kappa shape index (κ3) is 2.78. The molecule has 22 heavy (non-hydrogen) atoms. The van der Waals surface area contributed by atoms with Crippen molar-refractivity contribution in [2.24, 2.45) is 0 Å². The predicted molar refractivity (Wildman–Crippen MR) is 84.3 cm³/mol. The van der Waals surface area contributed by atoms with E-state index >= 15 is 0 Å². The van der Waals surface area contributed by atoms with Gasteiger partial charge in [0.1, 0.15) is 5.82 Å². The van der Waals surface area contributed by atoms with Gasteiger partial charge < -0.3 is 5.11 Å². The summed E-state index contributed by atoms with van der Waals surface area (Å²) in [6, 6.07) is 16.1. The molecule has 1 atom stereocenters. The van der Waals surface area contributed by atoms with Gasteiger partial charge in [-0.05, 0) is 44.2 Å². The Morgan fingerprint density at radius 3 is 2.27 bits per heavy atom. The van der Waals surface area contributed by atoms with E-state index in [2.05, 4.69) is 5.10 Å². The number of aliphatic hydroxyl groups is 1. The zero-order chi connectivity index (χ0) is 15.7. The van der Waals surface area contributed by atoms with Crippen LogP contribution in [0.15, 0.2) is 54.6 Å². The van der Waals surface area contributed by atoms with Crippen LogP contribution in [0.5, 0.6) is 0 Å². The molecule has 1 unspecified atom stereocenters. The molecule has 0 aliphatic carbocycles. The zero-order valence-corrected chi connectivity index (χ0v) is 12.5. The Morgan fingerprint density at radius 2 is 1.68 bits per heavy atom. The second-order valence-corrected chi connectivity index (χ2v) is 5.38. The first kappa shape index (κ1) is 14.5. The van der Waals surface area contributed by atoms with Gasteiger partial charge in [0.2, 0.25) is 0 Å². The van der Waals surface area contributed by atoms with Crippen molar-refractivity contribution in [1.82, 2.24) is 9.78 Å². The minimum Gasteiger partial charge on any atom is -0.387 e. The first-order chi connectivity index (χ1) is 10.5. The Kier molecular flexibility index (Phi) is 3.77. The zero-order valence-electron chi connectivity index (χ0n) is 12.5. The van der Waals surface area contributed by atoms with E-state index in [1.54, 1.807) is 23.7 Å². The molecule has 1 aromatic heterocycles. The third-order valence-electron chi connectivity index (χ3n) is 3.57. The number of rotatable bonds is 3. The molecule has 1 heterocycles. The molecule has 0 spiro atoms. The third-order valence-corrected chi connectivity index (χ3v) is 3.57. The van der Waals surface area contributed by atoms with Crippen LogP contribution in [-0.4, -0.2) is 14.9 Å². The summed E-state index contributed by atoms with van der Waals surface area (Å²) in [4.78, 5) is 0. The van der Waals surface area contributed by atoms with E-state index in [4.69, 9.17) is 0 Å². The minimum atomic E-state index is -0.661. The quantitative estimate of drug-likeness (QED) is 0.792. The molecule has 0 radical (unpaired) electrons. The van der Waals surface area contributed by atoms with Gasteiger partial charge in [0.25, 0.3) is 0 Å². The summed E-state index contributed by atoms with van der Waals surface area (Å²) >= 11 is 0. The molecular formula is C18H17FN2O. The van der Waals surface area contributed by atoms with Gasteiger partial charge in [-0.25, -0.2) is 9.07 Å². The van der Waals surface area contributed by atoms with Crippen molar-refractivity contribution < 1.29 is 9.50 Å². The largest absolute Gasteiger partial charge is 0.387 e. The van der Waals surface area contributed by atoms with E-state index in [1.807, 2.05) is 37.3 Å². The van der Waals surface area contributed by atoms with Gasteiger partial charge in [0.05, 0.1) is 23.2 Å². The van der Waals surface area contributed by atoms with Crippen LogP contribution < -0.4 is 0 Å². The number of aliphatic hydroxyl groups excluding tert-OH is 1. The summed E-state index contributed by atoms with van der Waals surface area (Å²) in [6.07, 6.45) is -0.661. The van der Waals surface area contributed by atoms with Crippen molar-refractivity contribution in [2.45, 2.75) is 20.0 Å². The van der Waals surface area contributed by atoms with E-state index in [0.29, 0.717) is 5.69 Å². The van der Waals surface area contributed by atoms with Gasteiger partial charge in [-0.3, -0.25) is 0 Å². The first-order valence-corrected chi connectivity index (χ1v) is 7.15. The lowest BCUT2D eigenvalue weighted by Crippen LogP contribution is -2.01. The average molecular weight is 296 g/mol. The second-order valence-electron chi connectivity index (χ2n) is 5.38. The van der Waals surface area contributed by atoms with Crippen molar-refractivity contribution >= 4 is 0 Å². The van der Waals surface area contributed by atoms with E-state index in [1.165, 1.54) is 17.7 Å². The number of hydrogen-bond donors (Lipinski definition) is 1. The van der Waals surface area contributed by atoms with E-state index in [-0.39, 0.29) is 5.82 Å². The van der Waals surface area contributed by atoms with Crippen LogP contribution in [0, 0.1) is 12.7 Å². The molecule has 2 aromatic carbocycles. The maximum Gasteiger partial charge on any atom is 0.123 e. The van der Waals surface area contributed by atoms with Crippen molar-refractivity contribution in [1.29, 1.82) is 0 Å². The molecule has 3 nitrogen and oxygen atoms in total. The van der Waals surface area contributed by atoms with Crippen molar-refractivity contribution in [3.05, 3.63) is 71.7 Å². The maximum absolute atomic E-state index is 13.1. The van der Waals surface area contributed by atoms with Crippen LogP contribution in [0.2, 0.25) is 0 Å². The summed E-state index contributed by atoms with van der Waals surface area (Å²) in [5, 5.41) is 14.3. The second kappa shape index (κ2) is 5.73. The van der Waals surface area contributed by atoms with E-state index < -0.39 is 6.10 Å². The molecule has 0 saturated carbocycles. The number of nitrogens with zero attached hydrogens (tertiary/aromatic N) is 2. The highest BCUT2D eigenvalue weighted by molar-refractivity contribution is 5.63. The highest BCUT2D eigenvalue weighted by Gasteiger charge is 2.14. The fourth-order valence-corrected chi connectivity index (χ4v) is 2.31. The first-order valence-electron chi connectivity index (χ1n) is 7.15. The van der Waals surface area contributed by atoms with Gasteiger partial charge in [-0.15, -0.1) is 0 Å². The van der Waals surface area contributed by atoms with Crippen LogP contribution >= 0.6 is 0 Å². The SMILES string of the molecule is Cc1ccc(-c2cc(C(C)O)nn2-c2ccc(F)cc2)cc1. The van der Waals surface area contributed by atoms with Crippen molar-refractivity contribution in [3.8, 4) is 16.9 Å². The molecule has 0 amide bonds. The molecule has 0 fully saturated rings. The van der Waals surface area contributed by atoms with Gasteiger partial charge in [-0.2, -0.15) is 5.10 Å². The fourth-order valence-electron chi connectivity index (χ4n) is 2.31. The predicted octanol–water partition coefficient (Wildman–Crippen LogP) is 4.04. The van der Waals surface area contributed by atoms with E-state index in [0.717, 1.165) is 16.9 Å². The smallest absolute Gasteiger partial charge is 0.123 e. The number of aryl methyl sites for hydroxylation is 1. The maximum atomic E-state index is 13.1. The topological polar surface area (TPSA) is 38.1 Å². The molecule has 1 N–H and O–H groups in total. The molecule has 3 aromatic rings. The van der Waals surface area contributed by atoms with Gasteiger partial charge in [-0.1, -0.05) is 29.8 Å². The fraction of sp³-hybridized carbons (Fsp3) is 0.167. The van der Waals surface area contributed by atoms with Crippen LogP contribution in [0.3, 0.4) is 0 Å². The number of hydrogen-bond acceptors (Lipinski definition) is 2. The van der Waals surface area contributed by atoms with Crippen LogP contribution in [0.25, 0.3) is 16.9 Å². The molecule has 0 aliphatic rings. The standard InChI is InChI=1S/C18H17FN2O/c1-12-3-5-14(6-4-12)18-11-17(13(2)22)20-21(18)16-9-7-15(19)8-10-16/h3-11,13,22H,1-2H3. The summed E-state index contributed by atoms with van der Waals surface area (Å²) in [5.74, 6) is -0.288. The highest BCUT2D eigenvalue weighted by atomic mass is 19.1. The number of aromatic nitrogens is 2. The Morgan fingerprint density at radius 1 is 1.05 bits per heavy atom. The summed E-state index contributed by atoms with van der Waals surface area (Å²) in [5.41, 5.74) is 4.37. The van der Waals surface area contributed by atoms with Gasteiger partial charge >= 0.3 is 0 Å². The van der Waals surface area contributed by atoms with Crippen LogP contribution in [0.4, 0.5) is 4.39 Å². The molecular weight excluding hydrogens is 279 g/mol. The van der Waals surface area contributed by atoms with Crippen molar-refractivity contribution in [2.75, 3.05) is 0 Å². The molecule has 4 heteroatoms. The Bertz CT molecular complexity index is 711. The van der Waals surface area contributed by atoms with Gasteiger partial charge in [0.15, 0.2) is 0 Å². The van der Waals surface area contributed by atoms with Crippen molar-refractivity contribution in [3.63, 3.8) is 0 Å². The van der Waals surface area contributed by atoms with Crippen LogP contribution in [0.1, 0.15) is 24.3 Å². The van der Waals surface area contributed by atoms with Gasteiger partial charge in [0, 0.05) is 5.56 Å². The molecule has 112 valence electrons. The van der Waals surface area contributed by atoms with Crippen LogP contribution in [-0.2, 0) is 0 Å². The number of benzene rings is 2. The Hall–Kier alpha value is -2.46. The lowest BCUT2D eigenvalue weighted by molar-refractivity contribution is 0.193. The Labute approximate surface area is 128 Å². The average Bonchev–Trinajstić information content (AvgIpc) is 2.94. The lowest BCUT2D eigenvalue weighted by atomic mass is 10.1. The Balaban J connectivity index is 2.15. The molecule has 0 aliphatic heterocycles. The highest BCUT2D eigenvalue weighted by Crippen LogP contribution is 2.26. The molecule has 0 bridgehead atoms. The monoisotopic (exact) mass is 296 g/mol. The normalized spacial score (nSPS) is 12.4.